The molecule has 0 aliphatic carbocycles. The number of ether oxygens (including phenoxy) is 1. The number of nitrogens with zero attached hydrogens (tertiary/aromatic N) is 4. The third kappa shape index (κ3) is 4.45. The van der Waals surface area contributed by atoms with Crippen LogP contribution in [0.15, 0.2) is 48.9 Å². The number of amides is 1. The number of hydrogen-bond donors (Lipinski definition) is 1. The van der Waals surface area contributed by atoms with Gasteiger partial charge in [-0.05, 0) is 25.0 Å². The van der Waals surface area contributed by atoms with E-state index in [1.807, 2.05) is 0 Å². The fraction of sp³-hybridized carbons (Fsp3) is 0.333. The van der Waals surface area contributed by atoms with E-state index in [1.54, 1.807) is 24.3 Å². The predicted octanol–water partition coefficient (Wildman–Crippen LogP) is 4.63. The van der Waals surface area contributed by atoms with Crippen molar-refractivity contribution in [3.63, 3.8) is 0 Å². The standard InChI is InChI=1S/C24H22F3N5O2/c25-18-5-2-1-4-16(18)17-7-9-28-22(32-10-8-24(26,27)14-32)20(17)31-23(33)15-12-29-21(30-13-15)19-6-3-11-34-19/h1-2,4-5,7,9,12-13,19H,3,6,8,10-11,14H2,(H,31,33). The zero-order chi connectivity index (χ0) is 23.7. The Morgan fingerprint density at radius 3 is 2.59 bits per heavy atom. The van der Waals surface area contributed by atoms with Crippen molar-refractivity contribution in [2.75, 3.05) is 29.9 Å². The largest absolute Gasteiger partial charge is 0.370 e. The molecule has 1 atom stereocenters. The van der Waals surface area contributed by atoms with Gasteiger partial charge in [0, 0.05) is 49.3 Å². The number of benzene rings is 1. The smallest absolute Gasteiger partial charge is 0.266 e. The van der Waals surface area contributed by atoms with Gasteiger partial charge in [-0.2, -0.15) is 0 Å². The summed E-state index contributed by atoms with van der Waals surface area (Å²) in [5.74, 6) is -3.28. The highest BCUT2D eigenvalue weighted by Gasteiger charge is 2.40. The van der Waals surface area contributed by atoms with Crippen LogP contribution in [-0.4, -0.2) is 46.5 Å². The van der Waals surface area contributed by atoms with Crippen molar-refractivity contribution in [2.45, 2.75) is 31.3 Å². The molecule has 2 aromatic heterocycles. The molecule has 1 N–H and O–H groups in total. The third-order valence-electron chi connectivity index (χ3n) is 5.95. The van der Waals surface area contributed by atoms with Crippen molar-refractivity contribution < 1.29 is 22.7 Å². The molecule has 10 heteroatoms. The Balaban J connectivity index is 1.49. The number of halogens is 3. The molecule has 7 nitrogen and oxygen atoms in total. The average molecular weight is 469 g/mol. The molecule has 2 saturated heterocycles. The molecule has 2 aliphatic heterocycles. The molecule has 0 spiro atoms. The normalized spacial score (nSPS) is 19.4. The van der Waals surface area contributed by atoms with E-state index in [1.165, 1.54) is 29.6 Å². The second-order valence-corrected chi connectivity index (χ2v) is 8.35. The number of hydrogen-bond acceptors (Lipinski definition) is 6. The van der Waals surface area contributed by atoms with E-state index in [-0.39, 0.29) is 41.7 Å². The monoisotopic (exact) mass is 469 g/mol. The SMILES string of the molecule is O=C(Nc1c(-c2ccccc2F)ccnc1N1CCC(F)(F)C1)c1cnc(C2CCCO2)nc1. The van der Waals surface area contributed by atoms with Crippen molar-refractivity contribution >= 4 is 17.4 Å². The van der Waals surface area contributed by atoms with Crippen LogP contribution in [0.3, 0.4) is 0 Å². The molecule has 4 heterocycles. The average Bonchev–Trinajstić information content (AvgIpc) is 3.49. The first kappa shape index (κ1) is 22.3. The second-order valence-electron chi connectivity index (χ2n) is 8.35. The summed E-state index contributed by atoms with van der Waals surface area (Å²) in [5.41, 5.74) is 0.877. The number of rotatable bonds is 5. The molecule has 2 fully saturated rings. The van der Waals surface area contributed by atoms with Crippen LogP contribution < -0.4 is 10.2 Å². The minimum atomic E-state index is -2.87. The number of pyridine rings is 1. The second kappa shape index (κ2) is 9.02. The van der Waals surface area contributed by atoms with E-state index in [2.05, 4.69) is 20.3 Å². The number of nitrogens with one attached hydrogen (secondary N) is 1. The molecule has 1 unspecified atom stereocenters. The maximum atomic E-state index is 14.6. The highest BCUT2D eigenvalue weighted by atomic mass is 19.3. The minimum Gasteiger partial charge on any atom is -0.370 e. The van der Waals surface area contributed by atoms with Crippen LogP contribution in [0.1, 0.15) is 41.5 Å². The summed E-state index contributed by atoms with van der Waals surface area (Å²) in [4.78, 5) is 27.3. The van der Waals surface area contributed by atoms with Crippen LogP contribution in [0, 0.1) is 5.82 Å². The maximum Gasteiger partial charge on any atom is 0.266 e. The van der Waals surface area contributed by atoms with Gasteiger partial charge in [0.25, 0.3) is 11.8 Å². The highest BCUT2D eigenvalue weighted by Crippen LogP contribution is 2.39. The van der Waals surface area contributed by atoms with Gasteiger partial charge < -0.3 is 15.0 Å². The summed E-state index contributed by atoms with van der Waals surface area (Å²) >= 11 is 0. The van der Waals surface area contributed by atoms with Gasteiger partial charge in [0.15, 0.2) is 11.6 Å². The predicted molar refractivity (Wildman–Crippen MR) is 119 cm³/mol. The lowest BCUT2D eigenvalue weighted by atomic mass is 10.0. The topological polar surface area (TPSA) is 80.2 Å². The first-order valence-corrected chi connectivity index (χ1v) is 11.0. The van der Waals surface area contributed by atoms with Gasteiger partial charge in [-0.3, -0.25) is 4.79 Å². The Hall–Kier alpha value is -3.53. The van der Waals surface area contributed by atoms with Crippen LogP contribution >= 0.6 is 0 Å². The molecule has 1 amide bonds. The van der Waals surface area contributed by atoms with Crippen molar-refractivity contribution in [1.29, 1.82) is 0 Å². The highest BCUT2D eigenvalue weighted by molar-refractivity contribution is 6.08. The fourth-order valence-electron chi connectivity index (χ4n) is 4.22. The van der Waals surface area contributed by atoms with E-state index in [4.69, 9.17) is 4.74 Å². The molecule has 2 aliphatic rings. The van der Waals surface area contributed by atoms with Gasteiger partial charge in [0.05, 0.1) is 17.8 Å². The van der Waals surface area contributed by atoms with Crippen LogP contribution in [0.2, 0.25) is 0 Å². The Labute approximate surface area is 194 Å². The summed E-state index contributed by atoms with van der Waals surface area (Å²) in [5, 5.41) is 2.75. The van der Waals surface area contributed by atoms with Gasteiger partial charge in [0.2, 0.25) is 0 Å². The lowest BCUT2D eigenvalue weighted by Gasteiger charge is -2.23. The number of anilines is 2. The van der Waals surface area contributed by atoms with Crippen LogP contribution in [-0.2, 0) is 4.74 Å². The molecule has 5 rings (SSSR count). The molecule has 1 aromatic carbocycles. The molecule has 34 heavy (non-hydrogen) atoms. The van der Waals surface area contributed by atoms with E-state index < -0.39 is 24.2 Å². The van der Waals surface area contributed by atoms with Crippen LogP contribution in [0.5, 0.6) is 0 Å². The minimum absolute atomic E-state index is 0.0583. The Kier molecular flexibility index (Phi) is 5.91. The molecule has 176 valence electrons. The van der Waals surface area contributed by atoms with Crippen molar-refractivity contribution in [1.82, 2.24) is 15.0 Å². The van der Waals surface area contributed by atoms with Gasteiger partial charge in [-0.25, -0.2) is 28.1 Å². The lowest BCUT2D eigenvalue weighted by molar-refractivity contribution is 0.0257. The zero-order valence-electron chi connectivity index (χ0n) is 18.2. The third-order valence-corrected chi connectivity index (χ3v) is 5.95. The van der Waals surface area contributed by atoms with E-state index in [0.29, 0.717) is 18.0 Å². The summed E-state index contributed by atoms with van der Waals surface area (Å²) < 4.78 is 48.1. The first-order chi connectivity index (χ1) is 16.4. The molecule has 0 saturated carbocycles. The van der Waals surface area contributed by atoms with E-state index >= 15 is 0 Å². The number of alkyl halides is 2. The summed E-state index contributed by atoms with van der Waals surface area (Å²) in [6.45, 7) is 0.167. The van der Waals surface area contributed by atoms with Crippen molar-refractivity contribution in [3.05, 3.63) is 66.1 Å². The van der Waals surface area contributed by atoms with Gasteiger partial charge in [-0.1, -0.05) is 18.2 Å². The number of carbonyl (C=O) groups excluding carboxylic acids is 1. The van der Waals surface area contributed by atoms with Gasteiger partial charge >= 0.3 is 0 Å². The number of aromatic nitrogens is 3. The zero-order valence-corrected chi connectivity index (χ0v) is 18.2. The van der Waals surface area contributed by atoms with Gasteiger partial charge in [0.1, 0.15) is 11.9 Å². The summed E-state index contributed by atoms with van der Waals surface area (Å²) in [6, 6.07) is 7.60. The molecule has 0 radical (unpaired) electrons. The van der Waals surface area contributed by atoms with Crippen molar-refractivity contribution in [3.8, 4) is 11.1 Å². The Morgan fingerprint density at radius 2 is 1.91 bits per heavy atom. The maximum absolute atomic E-state index is 14.6. The molecule has 3 aromatic rings. The molecular formula is C24H22F3N5O2. The summed E-state index contributed by atoms with van der Waals surface area (Å²) in [6.07, 6.45) is 5.43. The molecule has 0 bridgehead atoms. The fourth-order valence-corrected chi connectivity index (χ4v) is 4.22. The molecular weight excluding hydrogens is 447 g/mol. The van der Waals surface area contributed by atoms with Crippen LogP contribution in [0.4, 0.5) is 24.7 Å². The van der Waals surface area contributed by atoms with Crippen LogP contribution in [0.25, 0.3) is 11.1 Å². The Bertz CT molecular complexity index is 1200. The lowest BCUT2D eigenvalue weighted by Crippen LogP contribution is -2.27. The Morgan fingerprint density at radius 1 is 1.12 bits per heavy atom. The quantitative estimate of drug-likeness (QED) is 0.587. The number of carbonyl (C=O) groups is 1. The van der Waals surface area contributed by atoms with Gasteiger partial charge in [-0.15, -0.1) is 0 Å². The van der Waals surface area contributed by atoms with E-state index in [0.717, 1.165) is 12.8 Å². The summed E-state index contributed by atoms with van der Waals surface area (Å²) in [7, 11) is 0. The van der Waals surface area contributed by atoms with E-state index in [9.17, 15) is 18.0 Å². The van der Waals surface area contributed by atoms with Crippen molar-refractivity contribution in [2.24, 2.45) is 0 Å². The first-order valence-electron chi connectivity index (χ1n) is 11.0.